The summed E-state index contributed by atoms with van der Waals surface area (Å²) >= 11 is 0. The number of hydrogen-bond donors (Lipinski definition) is 2. The summed E-state index contributed by atoms with van der Waals surface area (Å²) < 4.78 is 11.7. The summed E-state index contributed by atoms with van der Waals surface area (Å²) in [5, 5.41) is 24.6. The minimum absolute atomic E-state index is 0. The van der Waals surface area contributed by atoms with E-state index in [1.807, 2.05) is 6.07 Å². The van der Waals surface area contributed by atoms with Gasteiger partial charge in [-0.25, -0.2) is 0 Å². The molecule has 0 unspecified atom stereocenters. The van der Waals surface area contributed by atoms with Crippen molar-refractivity contribution in [1.82, 2.24) is 20.6 Å². The van der Waals surface area contributed by atoms with E-state index in [0.717, 1.165) is 55.7 Å². The molecular weight excluding hydrogens is 391 g/mol. The molecule has 0 spiro atoms. The molecule has 1 aromatic heterocycles. The minimum Gasteiger partial charge on any atom is -0.504 e. The topological polar surface area (TPSA) is 93.1 Å². The van der Waals surface area contributed by atoms with Gasteiger partial charge in [0.1, 0.15) is 5.75 Å². The standard InChI is InChI=1S/C22H36N4O3.Na/c1-6-17-14-20(29-13-10-16(2)3)18(27)15-19(17)28-12-9-7-8-11-22(4,5)21-23-25-26-24-21;/h14-16,27H,6-13H2,1-5H3,(H,23,24,25,26);. The van der Waals surface area contributed by atoms with Crippen molar-refractivity contribution in [2.75, 3.05) is 13.2 Å². The van der Waals surface area contributed by atoms with E-state index in [4.69, 9.17) is 9.47 Å². The number of phenols is 1. The van der Waals surface area contributed by atoms with E-state index in [2.05, 4.69) is 55.2 Å². The first-order chi connectivity index (χ1) is 13.8. The molecule has 0 amide bonds. The monoisotopic (exact) mass is 427 g/mol. The van der Waals surface area contributed by atoms with Crippen LogP contribution in [0.5, 0.6) is 17.2 Å². The third-order valence-electron chi connectivity index (χ3n) is 5.13. The molecular formula is C22H36N4NaO3. The first-order valence-electron chi connectivity index (χ1n) is 10.7. The third kappa shape index (κ3) is 8.44. The number of H-pyrrole nitrogens is 1. The second-order valence-corrected chi connectivity index (χ2v) is 8.59. The Labute approximate surface area is 202 Å². The Morgan fingerprint density at radius 2 is 1.80 bits per heavy atom. The van der Waals surface area contributed by atoms with Gasteiger partial charge in [0.25, 0.3) is 0 Å². The molecule has 7 nitrogen and oxygen atoms in total. The molecule has 0 atom stereocenters. The van der Waals surface area contributed by atoms with Gasteiger partial charge in [-0.2, -0.15) is 5.21 Å². The van der Waals surface area contributed by atoms with Crippen molar-refractivity contribution in [3.63, 3.8) is 0 Å². The molecule has 0 aliphatic carbocycles. The van der Waals surface area contributed by atoms with Gasteiger partial charge in [-0.05, 0) is 43.2 Å². The second-order valence-electron chi connectivity index (χ2n) is 8.59. The van der Waals surface area contributed by atoms with E-state index in [-0.39, 0.29) is 40.7 Å². The van der Waals surface area contributed by atoms with E-state index in [1.54, 1.807) is 6.07 Å². The third-order valence-corrected chi connectivity index (χ3v) is 5.13. The van der Waals surface area contributed by atoms with Crippen LogP contribution in [-0.2, 0) is 11.8 Å². The number of hydrogen-bond acceptors (Lipinski definition) is 6. The van der Waals surface area contributed by atoms with Crippen LogP contribution in [0.3, 0.4) is 0 Å². The van der Waals surface area contributed by atoms with Crippen LogP contribution in [0.1, 0.15) is 78.1 Å². The molecule has 163 valence electrons. The fraction of sp³-hybridized carbons (Fsp3) is 0.682. The molecule has 0 aliphatic heterocycles. The number of nitrogens with one attached hydrogen (secondary N) is 1. The number of aromatic hydroxyl groups is 1. The fourth-order valence-electron chi connectivity index (χ4n) is 3.11. The molecule has 2 rings (SSSR count). The summed E-state index contributed by atoms with van der Waals surface area (Å²) in [4.78, 5) is 0. The zero-order chi connectivity index (χ0) is 21.3. The zero-order valence-electron chi connectivity index (χ0n) is 19.5. The second kappa shape index (κ2) is 13.2. The van der Waals surface area contributed by atoms with Gasteiger partial charge in [0.15, 0.2) is 17.3 Å². The number of unbranched alkanes of at least 4 members (excludes halogenated alkanes) is 2. The Kier molecular flexibility index (Phi) is 11.7. The van der Waals surface area contributed by atoms with Crippen molar-refractivity contribution in [3.05, 3.63) is 23.5 Å². The van der Waals surface area contributed by atoms with Crippen LogP contribution in [-0.4, -0.2) is 68.5 Å². The molecule has 0 fully saturated rings. The number of phenolic OH excluding ortho intramolecular Hbond substituents is 1. The fourth-order valence-corrected chi connectivity index (χ4v) is 3.11. The average molecular weight is 428 g/mol. The Morgan fingerprint density at radius 1 is 1.07 bits per heavy atom. The molecule has 2 N–H and O–H groups in total. The molecule has 0 saturated carbocycles. The number of ether oxygens (including phenoxy) is 2. The van der Waals surface area contributed by atoms with Gasteiger partial charge in [0, 0.05) is 41.0 Å². The van der Waals surface area contributed by atoms with Crippen LogP contribution < -0.4 is 9.47 Å². The van der Waals surface area contributed by atoms with Crippen LogP contribution in [0.15, 0.2) is 12.1 Å². The predicted molar refractivity (Wildman–Crippen MR) is 119 cm³/mol. The number of aromatic nitrogens is 4. The summed E-state index contributed by atoms with van der Waals surface area (Å²) in [6.45, 7) is 11.9. The largest absolute Gasteiger partial charge is 0.504 e. The van der Waals surface area contributed by atoms with Crippen molar-refractivity contribution in [2.45, 2.75) is 78.6 Å². The van der Waals surface area contributed by atoms with Crippen LogP contribution in [0.25, 0.3) is 0 Å². The summed E-state index contributed by atoms with van der Waals surface area (Å²) in [7, 11) is 0. The SMILES string of the molecule is CCc1cc(OCCC(C)C)c(O)cc1OCCCCCC(C)(C)c1nn[nH]n1.[Na]. The van der Waals surface area contributed by atoms with Gasteiger partial charge in [-0.15, -0.1) is 10.2 Å². The van der Waals surface area contributed by atoms with E-state index in [0.29, 0.717) is 24.9 Å². The zero-order valence-corrected chi connectivity index (χ0v) is 21.5. The maximum atomic E-state index is 10.3. The Morgan fingerprint density at radius 3 is 2.43 bits per heavy atom. The van der Waals surface area contributed by atoms with Crippen LogP contribution in [0, 0.1) is 5.92 Å². The summed E-state index contributed by atoms with van der Waals surface area (Å²) in [5.41, 5.74) is 0.973. The van der Waals surface area contributed by atoms with Crippen LogP contribution in [0.2, 0.25) is 0 Å². The van der Waals surface area contributed by atoms with Crippen molar-refractivity contribution in [2.24, 2.45) is 5.92 Å². The minimum atomic E-state index is -0.0829. The van der Waals surface area contributed by atoms with E-state index >= 15 is 0 Å². The summed E-state index contributed by atoms with van der Waals surface area (Å²) in [6, 6.07) is 3.58. The average Bonchev–Trinajstić information content (AvgIpc) is 3.21. The van der Waals surface area contributed by atoms with Gasteiger partial charge >= 0.3 is 0 Å². The molecule has 1 radical (unpaired) electrons. The smallest absolute Gasteiger partial charge is 0.180 e. The van der Waals surface area contributed by atoms with E-state index in [9.17, 15) is 5.11 Å². The number of aromatic amines is 1. The van der Waals surface area contributed by atoms with Crippen molar-refractivity contribution in [1.29, 1.82) is 0 Å². The molecule has 8 heteroatoms. The Balaban J connectivity index is 0.00000450. The van der Waals surface area contributed by atoms with Crippen molar-refractivity contribution < 1.29 is 14.6 Å². The summed E-state index contributed by atoms with van der Waals surface area (Å²) in [6.07, 6.45) is 5.87. The first-order valence-corrected chi connectivity index (χ1v) is 10.7. The van der Waals surface area contributed by atoms with Gasteiger partial charge in [-0.3, -0.25) is 0 Å². The molecule has 1 aromatic carbocycles. The molecule has 30 heavy (non-hydrogen) atoms. The molecule has 0 aliphatic rings. The first kappa shape index (κ1) is 26.7. The quantitative estimate of drug-likeness (QED) is 0.363. The molecule has 1 heterocycles. The maximum absolute atomic E-state index is 10.3. The predicted octanol–water partition coefficient (Wildman–Crippen LogP) is 4.43. The molecule has 0 saturated heterocycles. The number of rotatable bonds is 13. The van der Waals surface area contributed by atoms with Crippen LogP contribution >= 0.6 is 0 Å². The van der Waals surface area contributed by atoms with E-state index in [1.165, 1.54) is 0 Å². The van der Waals surface area contributed by atoms with Gasteiger partial charge in [0.2, 0.25) is 0 Å². The van der Waals surface area contributed by atoms with Crippen LogP contribution in [0.4, 0.5) is 0 Å². The van der Waals surface area contributed by atoms with Crippen molar-refractivity contribution >= 4 is 29.6 Å². The number of benzene rings is 1. The number of aryl methyl sites for hydroxylation is 1. The van der Waals surface area contributed by atoms with Gasteiger partial charge in [-0.1, -0.05) is 52.7 Å². The number of tetrazole rings is 1. The van der Waals surface area contributed by atoms with E-state index < -0.39 is 0 Å². The molecule has 0 bridgehead atoms. The normalized spacial score (nSPS) is 11.4. The molecule has 2 aromatic rings. The number of nitrogens with zero attached hydrogens (tertiary/aromatic N) is 3. The maximum Gasteiger partial charge on any atom is 0.180 e. The Bertz CT molecular complexity index is 736. The van der Waals surface area contributed by atoms with Gasteiger partial charge < -0.3 is 14.6 Å². The Hall–Kier alpha value is -1.31. The van der Waals surface area contributed by atoms with Gasteiger partial charge in [0.05, 0.1) is 13.2 Å². The van der Waals surface area contributed by atoms with Crippen molar-refractivity contribution in [3.8, 4) is 17.2 Å². The summed E-state index contributed by atoms with van der Waals surface area (Å²) in [5.74, 6) is 2.76.